The van der Waals surface area contributed by atoms with E-state index in [1.165, 1.54) is 24.3 Å². The molecule has 11 heteroatoms. The summed E-state index contributed by atoms with van der Waals surface area (Å²) >= 11 is 9.68. The molecular weight excluding hydrogens is 554 g/mol. The molecule has 0 aromatic heterocycles. The summed E-state index contributed by atoms with van der Waals surface area (Å²) in [4.78, 5) is 49.2. The molecule has 0 radical (unpaired) electrons. The normalized spacial score (nSPS) is 14.7. The third-order valence-corrected chi connectivity index (χ3v) is 6.10. The first-order chi connectivity index (χ1) is 17.1. The summed E-state index contributed by atoms with van der Waals surface area (Å²) in [6.07, 6.45) is 1.34. The number of aryl methyl sites for hydroxylation is 1. The van der Waals surface area contributed by atoms with Crippen LogP contribution >= 0.6 is 27.5 Å². The zero-order valence-corrected chi connectivity index (χ0v) is 21.0. The fraction of sp³-hybridized carbons (Fsp3) is 0.0800. The largest absolute Gasteiger partial charge is 0.487 e. The Labute approximate surface area is 218 Å². The van der Waals surface area contributed by atoms with E-state index in [1.807, 2.05) is 0 Å². The maximum absolute atomic E-state index is 13.1. The number of urea groups is 1. The molecule has 0 saturated carbocycles. The van der Waals surface area contributed by atoms with Crippen molar-refractivity contribution in [3.05, 3.63) is 103 Å². The monoisotopic (exact) mass is 569 g/mol. The van der Waals surface area contributed by atoms with Crippen LogP contribution in [0.25, 0.3) is 6.08 Å². The Bertz CT molecular complexity index is 1440. The first kappa shape index (κ1) is 25.1. The zero-order chi connectivity index (χ0) is 26.0. The number of halogens is 2. The average molecular weight is 571 g/mol. The lowest BCUT2D eigenvalue weighted by molar-refractivity contribution is -0.384. The van der Waals surface area contributed by atoms with E-state index in [4.69, 9.17) is 16.3 Å². The van der Waals surface area contributed by atoms with E-state index < -0.39 is 22.8 Å². The molecule has 36 heavy (non-hydrogen) atoms. The van der Waals surface area contributed by atoms with Gasteiger partial charge in [0.1, 0.15) is 17.9 Å². The van der Waals surface area contributed by atoms with Gasteiger partial charge in [-0.2, -0.15) is 0 Å². The molecule has 1 saturated heterocycles. The number of ether oxygens (including phenoxy) is 1. The highest BCUT2D eigenvalue weighted by Crippen LogP contribution is 2.30. The lowest BCUT2D eigenvalue weighted by Crippen LogP contribution is -2.54. The maximum Gasteiger partial charge on any atom is 0.335 e. The van der Waals surface area contributed by atoms with E-state index >= 15 is 0 Å². The number of hydrogen-bond acceptors (Lipinski definition) is 6. The highest BCUT2D eigenvalue weighted by molar-refractivity contribution is 9.10. The van der Waals surface area contributed by atoms with Crippen molar-refractivity contribution >= 4 is 62.8 Å². The molecule has 0 bridgehead atoms. The molecule has 0 spiro atoms. The minimum Gasteiger partial charge on any atom is -0.487 e. The van der Waals surface area contributed by atoms with Gasteiger partial charge in [0.05, 0.1) is 15.6 Å². The number of rotatable bonds is 6. The van der Waals surface area contributed by atoms with Crippen LogP contribution in [0.2, 0.25) is 5.02 Å². The lowest BCUT2D eigenvalue weighted by Gasteiger charge is -2.27. The van der Waals surface area contributed by atoms with E-state index in [0.717, 1.165) is 9.37 Å². The molecule has 1 aliphatic heterocycles. The van der Waals surface area contributed by atoms with Gasteiger partial charge in [-0.1, -0.05) is 33.6 Å². The number of amides is 4. The molecule has 1 fully saturated rings. The Morgan fingerprint density at radius 1 is 1.08 bits per heavy atom. The SMILES string of the molecule is Cc1cc(Br)ccc1N1C(=O)NC(=O)/C(=C/c2ccc(OCc3ccc([N+](=O)[O-])cc3)c(Cl)c2)C1=O. The summed E-state index contributed by atoms with van der Waals surface area (Å²) in [5.41, 5.74) is 1.92. The molecule has 1 heterocycles. The van der Waals surface area contributed by atoms with Crippen LogP contribution < -0.4 is 15.0 Å². The zero-order valence-electron chi connectivity index (χ0n) is 18.7. The number of carbonyl (C=O) groups excluding carboxylic acids is 3. The predicted octanol–water partition coefficient (Wildman–Crippen LogP) is 5.56. The van der Waals surface area contributed by atoms with Crippen LogP contribution in [0, 0.1) is 17.0 Å². The third kappa shape index (κ3) is 5.29. The second-order valence-corrected chi connectivity index (χ2v) is 9.11. The van der Waals surface area contributed by atoms with E-state index in [1.54, 1.807) is 49.4 Å². The van der Waals surface area contributed by atoms with Crippen LogP contribution in [-0.4, -0.2) is 22.8 Å². The predicted molar refractivity (Wildman–Crippen MR) is 137 cm³/mol. The van der Waals surface area contributed by atoms with Crippen molar-refractivity contribution in [3.63, 3.8) is 0 Å². The van der Waals surface area contributed by atoms with Gasteiger partial charge in [-0.3, -0.25) is 25.0 Å². The summed E-state index contributed by atoms with van der Waals surface area (Å²) < 4.78 is 6.48. The molecule has 9 nitrogen and oxygen atoms in total. The van der Waals surface area contributed by atoms with Crippen LogP contribution in [-0.2, 0) is 16.2 Å². The molecule has 3 aromatic carbocycles. The first-order valence-electron chi connectivity index (χ1n) is 10.5. The van der Waals surface area contributed by atoms with Crippen molar-refractivity contribution in [3.8, 4) is 5.75 Å². The Kier molecular flexibility index (Phi) is 7.18. The Hall–Kier alpha value is -4.02. The number of imide groups is 2. The van der Waals surface area contributed by atoms with Crippen molar-refractivity contribution < 1.29 is 24.0 Å². The van der Waals surface area contributed by atoms with Gasteiger partial charge in [0.2, 0.25) is 0 Å². The van der Waals surface area contributed by atoms with Gasteiger partial charge in [-0.15, -0.1) is 0 Å². The number of nitro benzene ring substituents is 1. The fourth-order valence-electron chi connectivity index (χ4n) is 3.51. The number of benzene rings is 3. The number of carbonyl (C=O) groups is 3. The molecule has 1 aliphatic rings. The topological polar surface area (TPSA) is 119 Å². The van der Waals surface area contributed by atoms with Gasteiger partial charge in [0.25, 0.3) is 17.5 Å². The second-order valence-electron chi connectivity index (χ2n) is 7.79. The van der Waals surface area contributed by atoms with E-state index in [9.17, 15) is 24.5 Å². The highest BCUT2D eigenvalue weighted by atomic mass is 79.9. The van der Waals surface area contributed by atoms with Gasteiger partial charge in [0, 0.05) is 16.6 Å². The fourth-order valence-corrected chi connectivity index (χ4v) is 4.23. The average Bonchev–Trinajstić information content (AvgIpc) is 2.82. The summed E-state index contributed by atoms with van der Waals surface area (Å²) in [6.45, 7) is 1.87. The molecule has 4 amide bonds. The summed E-state index contributed by atoms with van der Waals surface area (Å²) in [6, 6.07) is 14.9. The van der Waals surface area contributed by atoms with Crippen LogP contribution in [0.15, 0.2) is 70.7 Å². The van der Waals surface area contributed by atoms with Crippen molar-refractivity contribution in [2.75, 3.05) is 4.90 Å². The number of non-ortho nitro benzene ring substituents is 1. The van der Waals surface area contributed by atoms with Crippen molar-refractivity contribution in [1.82, 2.24) is 5.32 Å². The first-order valence-corrected chi connectivity index (χ1v) is 11.6. The Morgan fingerprint density at radius 3 is 2.44 bits per heavy atom. The summed E-state index contributed by atoms with van der Waals surface area (Å²) in [5, 5.41) is 13.2. The molecule has 3 aromatic rings. The van der Waals surface area contributed by atoms with Crippen molar-refractivity contribution in [1.29, 1.82) is 0 Å². The van der Waals surface area contributed by atoms with Crippen LogP contribution in [0.1, 0.15) is 16.7 Å². The molecule has 0 atom stereocenters. The third-order valence-electron chi connectivity index (χ3n) is 5.31. The summed E-state index contributed by atoms with van der Waals surface area (Å²) in [5.74, 6) is -1.23. The van der Waals surface area contributed by atoms with Crippen LogP contribution in [0.4, 0.5) is 16.2 Å². The number of anilines is 1. The minimum atomic E-state index is -0.833. The maximum atomic E-state index is 13.1. The molecular formula is C25H17BrClN3O6. The second kappa shape index (κ2) is 10.3. The number of nitrogens with one attached hydrogen (secondary N) is 1. The number of hydrogen-bond donors (Lipinski definition) is 1. The Morgan fingerprint density at radius 2 is 1.81 bits per heavy atom. The number of nitro groups is 1. The van der Waals surface area contributed by atoms with E-state index in [-0.39, 0.29) is 22.9 Å². The van der Waals surface area contributed by atoms with Gasteiger partial charge in [-0.05, 0) is 72.2 Å². The van der Waals surface area contributed by atoms with E-state index in [0.29, 0.717) is 28.1 Å². The van der Waals surface area contributed by atoms with Crippen molar-refractivity contribution in [2.24, 2.45) is 0 Å². The lowest BCUT2D eigenvalue weighted by atomic mass is 10.1. The van der Waals surface area contributed by atoms with Gasteiger partial charge >= 0.3 is 6.03 Å². The van der Waals surface area contributed by atoms with Gasteiger partial charge in [0.15, 0.2) is 0 Å². The van der Waals surface area contributed by atoms with Crippen molar-refractivity contribution in [2.45, 2.75) is 13.5 Å². The molecule has 0 aliphatic carbocycles. The summed E-state index contributed by atoms with van der Waals surface area (Å²) in [7, 11) is 0. The molecule has 0 unspecified atom stereocenters. The van der Waals surface area contributed by atoms with Gasteiger partial charge in [-0.25, -0.2) is 9.69 Å². The smallest absolute Gasteiger partial charge is 0.335 e. The molecule has 1 N–H and O–H groups in total. The van der Waals surface area contributed by atoms with Crippen LogP contribution in [0.3, 0.4) is 0 Å². The molecule has 4 rings (SSSR count). The van der Waals surface area contributed by atoms with E-state index in [2.05, 4.69) is 21.2 Å². The minimum absolute atomic E-state index is 0.0222. The van der Waals surface area contributed by atoms with Gasteiger partial charge < -0.3 is 4.74 Å². The standard InChI is InChI=1S/C25H17BrClN3O6/c1-14-10-17(26)5-8-21(14)29-24(32)19(23(31)28-25(29)33)11-16-4-9-22(20(27)12-16)36-13-15-2-6-18(7-3-15)30(34)35/h2-12H,13H2,1H3,(H,28,31,33)/b19-11-. The van der Waals surface area contributed by atoms with Crippen LogP contribution in [0.5, 0.6) is 5.75 Å². The number of barbiturate groups is 1. The highest BCUT2D eigenvalue weighted by Gasteiger charge is 2.37. The number of nitrogens with zero attached hydrogens (tertiary/aromatic N) is 2. The Balaban J connectivity index is 1.54. The molecule has 182 valence electrons. The quantitative estimate of drug-likeness (QED) is 0.179.